The number of carbonyl (C=O) groups excluding carboxylic acids is 1. The van der Waals surface area contributed by atoms with Crippen LogP contribution in [0.15, 0.2) is 22.7 Å². The summed E-state index contributed by atoms with van der Waals surface area (Å²) in [6, 6.07) is 5.37. The predicted molar refractivity (Wildman–Crippen MR) is 75.0 cm³/mol. The van der Waals surface area contributed by atoms with Crippen LogP contribution in [0.3, 0.4) is 0 Å². The zero-order valence-corrected chi connectivity index (χ0v) is 11.9. The van der Waals surface area contributed by atoms with Gasteiger partial charge in [0.1, 0.15) is 0 Å². The number of rotatable bonds is 5. The van der Waals surface area contributed by atoms with Crippen LogP contribution in [0, 0.1) is 6.92 Å². The number of nitrogens with one attached hydrogen (secondary N) is 1. The van der Waals surface area contributed by atoms with Gasteiger partial charge in [-0.15, -0.1) is 0 Å². The van der Waals surface area contributed by atoms with E-state index in [0.29, 0.717) is 0 Å². The molecule has 1 atom stereocenters. The molecule has 4 heteroatoms. The minimum Gasteiger partial charge on any atom is -0.325 e. The van der Waals surface area contributed by atoms with Crippen molar-refractivity contribution in [3.63, 3.8) is 0 Å². The van der Waals surface area contributed by atoms with Crippen molar-refractivity contribution in [2.75, 3.05) is 5.32 Å². The maximum Gasteiger partial charge on any atom is 0.241 e. The van der Waals surface area contributed by atoms with E-state index in [1.54, 1.807) is 0 Å². The third-order valence-corrected chi connectivity index (χ3v) is 2.97. The molecule has 1 rings (SSSR count). The Morgan fingerprint density at radius 1 is 1.47 bits per heavy atom. The van der Waals surface area contributed by atoms with Crippen molar-refractivity contribution in [2.24, 2.45) is 5.73 Å². The fourth-order valence-electron chi connectivity index (χ4n) is 1.60. The van der Waals surface area contributed by atoms with Gasteiger partial charge in [0.05, 0.1) is 6.04 Å². The van der Waals surface area contributed by atoms with Crippen molar-refractivity contribution in [3.8, 4) is 0 Å². The number of carbonyl (C=O) groups is 1. The van der Waals surface area contributed by atoms with E-state index in [2.05, 4.69) is 28.2 Å². The molecule has 3 nitrogen and oxygen atoms in total. The molecule has 1 aromatic carbocycles. The number of halogens is 1. The van der Waals surface area contributed by atoms with Crippen molar-refractivity contribution < 1.29 is 4.79 Å². The van der Waals surface area contributed by atoms with Gasteiger partial charge in [0.15, 0.2) is 0 Å². The molecule has 0 aliphatic rings. The number of aryl methyl sites for hydroxylation is 1. The first-order valence-electron chi connectivity index (χ1n) is 5.86. The van der Waals surface area contributed by atoms with E-state index in [1.807, 2.05) is 25.1 Å². The Bertz CT molecular complexity index is 373. The van der Waals surface area contributed by atoms with Gasteiger partial charge >= 0.3 is 0 Å². The molecule has 17 heavy (non-hydrogen) atoms. The molecule has 0 saturated heterocycles. The summed E-state index contributed by atoms with van der Waals surface area (Å²) in [6.45, 7) is 4.07. The van der Waals surface area contributed by atoms with Crippen molar-refractivity contribution in [1.82, 2.24) is 0 Å². The van der Waals surface area contributed by atoms with E-state index in [0.717, 1.165) is 35.0 Å². The Hall–Kier alpha value is -0.870. The lowest BCUT2D eigenvalue weighted by Gasteiger charge is -2.12. The van der Waals surface area contributed by atoms with Gasteiger partial charge in [0.25, 0.3) is 0 Å². The van der Waals surface area contributed by atoms with Crippen LogP contribution in [0.5, 0.6) is 0 Å². The lowest BCUT2D eigenvalue weighted by molar-refractivity contribution is -0.117. The van der Waals surface area contributed by atoms with E-state index < -0.39 is 6.04 Å². The minimum absolute atomic E-state index is 0.115. The molecule has 1 aromatic rings. The van der Waals surface area contributed by atoms with E-state index in [-0.39, 0.29) is 5.91 Å². The summed E-state index contributed by atoms with van der Waals surface area (Å²) in [5.74, 6) is -0.115. The summed E-state index contributed by atoms with van der Waals surface area (Å²) in [5, 5.41) is 2.84. The molecular weight excluding hydrogens is 280 g/mol. The molecular formula is C13H19BrN2O. The van der Waals surface area contributed by atoms with Crippen molar-refractivity contribution in [3.05, 3.63) is 28.2 Å². The molecule has 0 aliphatic heterocycles. The smallest absolute Gasteiger partial charge is 0.241 e. The second-order valence-electron chi connectivity index (χ2n) is 4.26. The number of unbranched alkanes of at least 4 members (excludes halogenated alkanes) is 1. The Morgan fingerprint density at radius 2 is 2.18 bits per heavy atom. The third kappa shape index (κ3) is 4.88. The first-order chi connectivity index (χ1) is 8.02. The highest BCUT2D eigenvalue weighted by Crippen LogP contribution is 2.19. The molecule has 0 aromatic heterocycles. The van der Waals surface area contributed by atoms with E-state index >= 15 is 0 Å². The SMILES string of the molecule is CCCCC(N)C(=O)Nc1cc(C)cc(Br)c1. The highest BCUT2D eigenvalue weighted by Gasteiger charge is 2.12. The number of amides is 1. The summed E-state index contributed by atoms with van der Waals surface area (Å²) in [5.41, 5.74) is 7.68. The van der Waals surface area contributed by atoms with Crippen molar-refractivity contribution in [2.45, 2.75) is 39.2 Å². The summed E-state index contributed by atoms with van der Waals surface area (Å²) >= 11 is 3.40. The number of hydrogen-bond acceptors (Lipinski definition) is 2. The van der Waals surface area contributed by atoms with Crippen LogP contribution < -0.4 is 11.1 Å². The highest BCUT2D eigenvalue weighted by atomic mass is 79.9. The second kappa shape index (κ2) is 6.77. The maximum atomic E-state index is 11.8. The predicted octanol–water partition coefficient (Wildman–Crippen LogP) is 3.21. The van der Waals surface area contributed by atoms with E-state index in [1.165, 1.54) is 0 Å². The van der Waals surface area contributed by atoms with Crippen LogP contribution in [-0.4, -0.2) is 11.9 Å². The molecule has 0 radical (unpaired) electrons. The standard InChI is InChI=1S/C13H19BrN2O/c1-3-4-5-12(15)13(17)16-11-7-9(2)6-10(14)8-11/h6-8,12H,3-5,15H2,1-2H3,(H,16,17). The molecule has 0 bridgehead atoms. The molecule has 1 unspecified atom stereocenters. The van der Waals surface area contributed by atoms with Gasteiger partial charge in [-0.1, -0.05) is 35.7 Å². The Labute approximate surface area is 111 Å². The summed E-state index contributed by atoms with van der Waals surface area (Å²) < 4.78 is 0.954. The summed E-state index contributed by atoms with van der Waals surface area (Å²) in [4.78, 5) is 11.8. The van der Waals surface area contributed by atoms with Crippen LogP contribution in [0.25, 0.3) is 0 Å². The van der Waals surface area contributed by atoms with Gasteiger partial charge in [-0.05, 0) is 37.1 Å². The minimum atomic E-state index is -0.422. The van der Waals surface area contributed by atoms with Crippen LogP contribution in [0.1, 0.15) is 31.7 Å². The van der Waals surface area contributed by atoms with Crippen molar-refractivity contribution in [1.29, 1.82) is 0 Å². The normalized spacial score (nSPS) is 12.2. The Balaban J connectivity index is 2.61. The number of benzene rings is 1. The average Bonchev–Trinajstić information content (AvgIpc) is 2.24. The van der Waals surface area contributed by atoms with Gasteiger partial charge in [-0.2, -0.15) is 0 Å². The zero-order chi connectivity index (χ0) is 12.8. The second-order valence-corrected chi connectivity index (χ2v) is 5.17. The molecule has 94 valence electrons. The van der Waals surface area contributed by atoms with E-state index in [4.69, 9.17) is 5.73 Å². The molecule has 0 saturated carbocycles. The highest BCUT2D eigenvalue weighted by molar-refractivity contribution is 9.10. The molecule has 1 amide bonds. The Kier molecular flexibility index (Phi) is 5.65. The van der Waals surface area contributed by atoms with Crippen LogP contribution in [0.4, 0.5) is 5.69 Å². The molecule has 0 heterocycles. The number of anilines is 1. The van der Waals surface area contributed by atoms with Crippen LogP contribution in [0.2, 0.25) is 0 Å². The summed E-state index contributed by atoms with van der Waals surface area (Å²) in [7, 11) is 0. The van der Waals surface area contributed by atoms with Gasteiger partial charge in [0, 0.05) is 10.2 Å². The quantitative estimate of drug-likeness (QED) is 0.877. The maximum absolute atomic E-state index is 11.8. The number of hydrogen-bond donors (Lipinski definition) is 2. The fraction of sp³-hybridized carbons (Fsp3) is 0.462. The first-order valence-corrected chi connectivity index (χ1v) is 6.66. The average molecular weight is 299 g/mol. The molecule has 3 N–H and O–H groups in total. The van der Waals surface area contributed by atoms with E-state index in [9.17, 15) is 4.79 Å². The number of nitrogens with two attached hydrogens (primary N) is 1. The topological polar surface area (TPSA) is 55.1 Å². The van der Waals surface area contributed by atoms with Crippen molar-refractivity contribution >= 4 is 27.5 Å². The lowest BCUT2D eigenvalue weighted by atomic mass is 10.1. The zero-order valence-electron chi connectivity index (χ0n) is 10.3. The molecule has 0 fully saturated rings. The van der Waals surface area contributed by atoms with Gasteiger partial charge in [-0.3, -0.25) is 4.79 Å². The third-order valence-electron chi connectivity index (χ3n) is 2.52. The van der Waals surface area contributed by atoms with Gasteiger partial charge in [0.2, 0.25) is 5.91 Å². The van der Waals surface area contributed by atoms with Crippen LogP contribution >= 0.6 is 15.9 Å². The van der Waals surface area contributed by atoms with Crippen LogP contribution in [-0.2, 0) is 4.79 Å². The van der Waals surface area contributed by atoms with Gasteiger partial charge < -0.3 is 11.1 Å². The first kappa shape index (κ1) is 14.2. The monoisotopic (exact) mass is 298 g/mol. The summed E-state index contributed by atoms with van der Waals surface area (Å²) in [6.07, 6.45) is 2.76. The molecule has 0 aliphatic carbocycles. The fourth-order valence-corrected chi connectivity index (χ4v) is 2.21. The van der Waals surface area contributed by atoms with Gasteiger partial charge in [-0.25, -0.2) is 0 Å². The Morgan fingerprint density at radius 3 is 2.76 bits per heavy atom. The molecule has 0 spiro atoms. The largest absolute Gasteiger partial charge is 0.325 e. The lowest BCUT2D eigenvalue weighted by Crippen LogP contribution is -2.35.